The molecule has 0 saturated carbocycles. The number of thioether (sulfide) groups is 1. The van der Waals surface area contributed by atoms with E-state index in [1.165, 1.54) is 7.11 Å². The molecule has 1 aliphatic heterocycles. The number of benzene rings is 2. The first-order valence-corrected chi connectivity index (χ1v) is 11.5. The van der Waals surface area contributed by atoms with Gasteiger partial charge in [0.2, 0.25) is 5.91 Å². The molecular formula is C23H23BrN2O5S. The number of nitrogens with one attached hydrogen (secondary N) is 1. The third-order valence-corrected chi connectivity index (χ3v) is 6.17. The monoisotopic (exact) mass is 518 g/mol. The van der Waals surface area contributed by atoms with Crippen molar-refractivity contribution < 1.29 is 23.9 Å². The highest BCUT2D eigenvalue weighted by Crippen LogP contribution is 2.39. The Labute approximate surface area is 199 Å². The van der Waals surface area contributed by atoms with Crippen LogP contribution >= 0.6 is 27.7 Å². The molecule has 1 N–H and O–H groups in total. The lowest BCUT2D eigenvalue weighted by Crippen LogP contribution is -2.36. The van der Waals surface area contributed by atoms with E-state index in [1.807, 2.05) is 39.0 Å². The van der Waals surface area contributed by atoms with Crippen LogP contribution in [-0.4, -0.2) is 42.2 Å². The number of halogens is 1. The van der Waals surface area contributed by atoms with Crippen LogP contribution in [0, 0.1) is 13.8 Å². The zero-order chi connectivity index (χ0) is 23.4. The minimum Gasteiger partial charge on any atom is -0.492 e. The van der Waals surface area contributed by atoms with Crippen molar-refractivity contribution >= 4 is 56.5 Å². The smallest absolute Gasteiger partial charge is 0.294 e. The number of amides is 3. The number of anilines is 1. The van der Waals surface area contributed by atoms with Crippen molar-refractivity contribution in [1.29, 1.82) is 0 Å². The molecule has 1 saturated heterocycles. The van der Waals surface area contributed by atoms with Crippen molar-refractivity contribution in [3.05, 3.63) is 56.4 Å². The SMILES string of the molecule is CCOc1cc(/C=C2/SC(=O)N(CC(=O)Nc3cc(C)ccc3C)C2=O)cc(Br)c1OC. The van der Waals surface area contributed by atoms with E-state index in [0.717, 1.165) is 27.8 Å². The Kier molecular flexibility index (Phi) is 7.63. The normalized spacial score (nSPS) is 14.8. The van der Waals surface area contributed by atoms with Crippen LogP contribution in [0.3, 0.4) is 0 Å². The fraction of sp³-hybridized carbons (Fsp3) is 0.261. The number of methoxy groups -OCH3 is 1. The van der Waals surface area contributed by atoms with Gasteiger partial charge in [0.25, 0.3) is 11.1 Å². The van der Waals surface area contributed by atoms with Crippen molar-refractivity contribution in [2.24, 2.45) is 0 Å². The van der Waals surface area contributed by atoms with E-state index >= 15 is 0 Å². The maximum Gasteiger partial charge on any atom is 0.294 e. The highest BCUT2D eigenvalue weighted by Gasteiger charge is 2.36. The number of ether oxygens (including phenoxy) is 2. The average molecular weight is 519 g/mol. The molecule has 0 aromatic heterocycles. The van der Waals surface area contributed by atoms with E-state index in [2.05, 4.69) is 21.2 Å². The topological polar surface area (TPSA) is 84.9 Å². The lowest BCUT2D eigenvalue weighted by Gasteiger charge is -2.14. The summed E-state index contributed by atoms with van der Waals surface area (Å²) in [6, 6.07) is 9.19. The fourth-order valence-corrected chi connectivity index (χ4v) is 4.58. The van der Waals surface area contributed by atoms with Crippen molar-refractivity contribution in [3.63, 3.8) is 0 Å². The molecule has 32 heavy (non-hydrogen) atoms. The first-order chi connectivity index (χ1) is 15.2. The molecule has 168 valence electrons. The first kappa shape index (κ1) is 23.9. The lowest BCUT2D eigenvalue weighted by molar-refractivity contribution is -0.127. The molecular weight excluding hydrogens is 496 g/mol. The molecule has 0 radical (unpaired) electrons. The Balaban J connectivity index is 1.77. The second-order valence-corrected chi connectivity index (χ2v) is 8.95. The van der Waals surface area contributed by atoms with Gasteiger partial charge in [-0.1, -0.05) is 12.1 Å². The zero-order valence-electron chi connectivity index (χ0n) is 18.2. The Hall–Kier alpha value is -2.78. The van der Waals surface area contributed by atoms with E-state index in [4.69, 9.17) is 9.47 Å². The van der Waals surface area contributed by atoms with Gasteiger partial charge in [0, 0.05) is 5.69 Å². The summed E-state index contributed by atoms with van der Waals surface area (Å²) in [7, 11) is 1.54. The summed E-state index contributed by atoms with van der Waals surface area (Å²) in [5, 5.41) is 2.28. The Morgan fingerprint density at radius 2 is 1.97 bits per heavy atom. The lowest BCUT2D eigenvalue weighted by atomic mass is 10.1. The van der Waals surface area contributed by atoms with Crippen LogP contribution in [0.15, 0.2) is 39.7 Å². The molecule has 1 heterocycles. The summed E-state index contributed by atoms with van der Waals surface area (Å²) in [5.41, 5.74) is 3.21. The summed E-state index contributed by atoms with van der Waals surface area (Å²) in [4.78, 5) is 38.9. The van der Waals surface area contributed by atoms with Crippen molar-refractivity contribution in [2.45, 2.75) is 20.8 Å². The van der Waals surface area contributed by atoms with Gasteiger partial charge in [-0.2, -0.15) is 0 Å². The fourth-order valence-electron chi connectivity index (χ4n) is 3.12. The molecule has 1 aliphatic rings. The third-order valence-electron chi connectivity index (χ3n) is 4.68. The molecule has 0 aliphatic carbocycles. The number of hydrogen-bond donors (Lipinski definition) is 1. The Bertz CT molecular complexity index is 1120. The first-order valence-electron chi connectivity index (χ1n) is 9.86. The zero-order valence-corrected chi connectivity index (χ0v) is 20.6. The summed E-state index contributed by atoms with van der Waals surface area (Å²) in [5.74, 6) is 0.108. The maximum atomic E-state index is 12.8. The van der Waals surface area contributed by atoms with E-state index in [9.17, 15) is 14.4 Å². The number of nitrogens with zero attached hydrogens (tertiary/aromatic N) is 1. The third kappa shape index (κ3) is 5.34. The summed E-state index contributed by atoms with van der Waals surface area (Å²) in [6.07, 6.45) is 1.60. The van der Waals surface area contributed by atoms with E-state index < -0.39 is 17.1 Å². The van der Waals surface area contributed by atoms with Gasteiger partial charge in [0.05, 0.1) is 23.1 Å². The number of hydrogen-bond acceptors (Lipinski definition) is 6. The molecule has 7 nitrogen and oxygen atoms in total. The molecule has 0 spiro atoms. The maximum absolute atomic E-state index is 12.8. The second kappa shape index (κ2) is 10.2. The predicted molar refractivity (Wildman–Crippen MR) is 129 cm³/mol. The van der Waals surface area contributed by atoms with E-state index in [1.54, 1.807) is 18.2 Å². The summed E-state index contributed by atoms with van der Waals surface area (Å²) < 4.78 is 11.6. The van der Waals surface area contributed by atoms with Crippen molar-refractivity contribution in [2.75, 3.05) is 25.6 Å². The molecule has 0 bridgehead atoms. The van der Waals surface area contributed by atoms with E-state index in [0.29, 0.717) is 33.8 Å². The minimum atomic E-state index is -0.513. The molecule has 2 aromatic rings. The van der Waals surface area contributed by atoms with Gasteiger partial charge in [0.15, 0.2) is 11.5 Å². The van der Waals surface area contributed by atoms with Crippen LogP contribution in [0.5, 0.6) is 11.5 Å². The molecule has 9 heteroatoms. The molecule has 0 unspecified atom stereocenters. The van der Waals surface area contributed by atoms with Crippen molar-refractivity contribution in [1.82, 2.24) is 4.90 Å². The van der Waals surface area contributed by atoms with E-state index in [-0.39, 0.29) is 11.4 Å². The number of carbonyl (C=O) groups is 3. The molecule has 3 amide bonds. The van der Waals surface area contributed by atoms with Gasteiger partial charge < -0.3 is 14.8 Å². The Morgan fingerprint density at radius 1 is 1.22 bits per heavy atom. The number of carbonyl (C=O) groups excluding carboxylic acids is 3. The van der Waals surface area contributed by atoms with Crippen LogP contribution in [0.25, 0.3) is 6.08 Å². The van der Waals surface area contributed by atoms with Crippen LogP contribution in [0.1, 0.15) is 23.6 Å². The van der Waals surface area contributed by atoms with Gasteiger partial charge in [0.1, 0.15) is 6.54 Å². The van der Waals surface area contributed by atoms with Gasteiger partial charge in [-0.05, 0) is 89.4 Å². The second-order valence-electron chi connectivity index (χ2n) is 7.10. The van der Waals surface area contributed by atoms with Crippen molar-refractivity contribution in [3.8, 4) is 11.5 Å². The van der Waals surface area contributed by atoms with Gasteiger partial charge >= 0.3 is 0 Å². The van der Waals surface area contributed by atoms with Crippen LogP contribution in [0.4, 0.5) is 10.5 Å². The van der Waals surface area contributed by atoms with Crippen LogP contribution in [-0.2, 0) is 9.59 Å². The summed E-state index contributed by atoms with van der Waals surface area (Å²) >= 11 is 4.23. The number of rotatable bonds is 7. The standard InChI is InChI=1S/C23H23BrN2O5S/c1-5-31-18-10-15(9-16(24)21(18)30-4)11-19-22(28)26(23(29)32-19)12-20(27)25-17-8-13(2)6-7-14(17)3/h6-11H,5,12H2,1-4H3,(H,25,27)/b19-11+. The highest BCUT2D eigenvalue weighted by atomic mass is 79.9. The number of imide groups is 1. The quantitative estimate of drug-likeness (QED) is 0.510. The number of aryl methyl sites for hydroxylation is 2. The molecule has 2 aromatic carbocycles. The molecule has 3 rings (SSSR count). The molecule has 1 fully saturated rings. The predicted octanol–water partition coefficient (Wildman–Crippen LogP) is 5.15. The minimum absolute atomic E-state index is 0.231. The van der Waals surface area contributed by atoms with Gasteiger partial charge in [-0.15, -0.1) is 0 Å². The highest BCUT2D eigenvalue weighted by molar-refractivity contribution is 9.10. The van der Waals surface area contributed by atoms with Gasteiger partial charge in [-0.25, -0.2) is 0 Å². The average Bonchev–Trinajstić information content (AvgIpc) is 2.98. The Morgan fingerprint density at radius 3 is 2.66 bits per heavy atom. The van der Waals surface area contributed by atoms with Gasteiger partial charge in [-0.3, -0.25) is 19.3 Å². The van der Waals surface area contributed by atoms with Crippen LogP contribution < -0.4 is 14.8 Å². The summed E-state index contributed by atoms with van der Waals surface area (Å²) in [6.45, 7) is 5.74. The largest absolute Gasteiger partial charge is 0.492 e. The van der Waals surface area contributed by atoms with Crippen LogP contribution in [0.2, 0.25) is 0 Å². The molecule has 0 atom stereocenters.